The summed E-state index contributed by atoms with van der Waals surface area (Å²) in [6.07, 6.45) is 33.1. The van der Waals surface area contributed by atoms with Gasteiger partial charge in [0.05, 0.1) is 32.1 Å². The number of benzene rings is 3. The molecule has 11 fully saturated rings. The standard InChI is InChI=1S/2C27H30O8.C20H24O2.C7H6O6.C4H8O.Na/c2*1-3-27(32)11-9-21-20-6-4-16-12-17(5-7-18(16)19(20)8-10-25(21,27)2)35-23(30)14-26(13-22(28)29)24(31)33-15-34-26;1-3-20(22)11-9-18-17-6-4-13-12-14(21)5-7-15(13)16(17)8-10-19(18,20)2;8-4-1-7(2-5(9)13-4)6(10)11-3-12-7;1-2-4-5-3-1;/h2*1,5,7,12,19-21,32H,4,6,8-11,13-15H2,2H3,(H,28,29);1,5,7,12,16-18,21-22H,4,6,8-11H2,2H3;1-3H2;1-4H2;/q;;;;;+1/p-1/t2*19?,20?,21?,25-,26?,27-;16?,17?,18?,19-,20-;;;/m000.../s1. The molecule has 1 spiro atoms. The van der Waals surface area contributed by atoms with Crippen molar-refractivity contribution in [3.05, 3.63) is 88.0 Å². The summed E-state index contributed by atoms with van der Waals surface area (Å²) in [7, 11) is 0. The number of terminal acetylenes is 3. The smallest absolute Gasteiger partial charge is 0.550 e. The Morgan fingerprint density at radius 2 is 0.883 bits per heavy atom. The van der Waals surface area contributed by atoms with Crippen LogP contribution in [0, 0.1) is 88.8 Å². The van der Waals surface area contributed by atoms with Gasteiger partial charge in [-0.3, -0.25) is 24.0 Å². The third-order valence-electron chi connectivity index (χ3n) is 28.1. The van der Waals surface area contributed by atoms with E-state index in [9.17, 15) is 68.7 Å². The summed E-state index contributed by atoms with van der Waals surface area (Å²) in [6, 6.07) is 17.1. The molecule has 5 N–H and O–H groups in total. The van der Waals surface area contributed by atoms with Crippen LogP contribution < -0.4 is 44.1 Å². The van der Waals surface area contributed by atoms with Crippen molar-refractivity contribution in [2.75, 3.05) is 33.6 Å². The van der Waals surface area contributed by atoms with E-state index in [0.717, 1.165) is 127 Å². The minimum Gasteiger partial charge on any atom is -0.550 e. The molecule has 25 nitrogen and oxygen atoms in total. The zero-order valence-electron chi connectivity index (χ0n) is 63.4. The van der Waals surface area contributed by atoms with Gasteiger partial charge in [0.25, 0.3) is 0 Å². The first-order valence-corrected chi connectivity index (χ1v) is 38.6. The number of hydrogen-bond acceptors (Lipinski definition) is 24. The first-order valence-electron chi connectivity index (χ1n) is 38.6. The number of rotatable bonds is 10. The molecule has 3 aromatic carbocycles. The van der Waals surface area contributed by atoms with Crippen LogP contribution in [0.2, 0.25) is 0 Å². The van der Waals surface area contributed by atoms with Crippen LogP contribution in [0.1, 0.15) is 220 Å². The summed E-state index contributed by atoms with van der Waals surface area (Å²) in [5.41, 5.74) is -1.35. The molecule has 17 atom stereocenters. The van der Waals surface area contributed by atoms with E-state index in [4.69, 9.17) is 62.3 Å². The second-order valence-electron chi connectivity index (χ2n) is 33.4. The quantitative estimate of drug-likeness (QED) is 0.0440. The second kappa shape index (κ2) is 32.3. The SMILES string of the molecule is C#C[C@]1(O)CCC2C3CCc4cc(O)ccc4C3CC[C@@]21C.C#C[C@]1(O)CCC2C3CCc4cc(OC(=O)CC5(CC(=O)O)OCOC5=O)ccc4C3CC[C@@]21C.C#C[C@]1(O)CCC2C3CCc4cc(OC(=O)CC5(CC(=O)[O-])OCOC5=O)ccc4C3CC[C@@]21C.C1CCOC1.O=C1CC2(CC(=O)O1)OCOC2=O.[Na+]. The van der Waals surface area contributed by atoms with Crippen molar-refractivity contribution in [3.63, 3.8) is 0 Å². The average molecular weight is 1540 g/mol. The fourth-order valence-corrected chi connectivity index (χ4v) is 22.1. The van der Waals surface area contributed by atoms with Gasteiger partial charge in [0.1, 0.15) is 34.1 Å². The number of aryl methyl sites for hydroxylation is 3. The van der Waals surface area contributed by atoms with Gasteiger partial charge < -0.3 is 82.8 Å². The fraction of sp³-hybridized carbons (Fsp3) is 0.612. The Balaban J connectivity index is 0.000000141. The van der Waals surface area contributed by atoms with Crippen LogP contribution in [0.15, 0.2) is 54.6 Å². The molecular weight excluding hydrogens is 1440 g/mol. The van der Waals surface area contributed by atoms with Gasteiger partial charge in [0, 0.05) is 41.8 Å². The number of esters is 7. The van der Waals surface area contributed by atoms with E-state index in [1.165, 1.54) is 35.1 Å². The summed E-state index contributed by atoms with van der Waals surface area (Å²) in [5.74, 6) is 5.01. The number of aliphatic hydroxyl groups is 3. The van der Waals surface area contributed by atoms with E-state index in [1.807, 2.05) is 36.4 Å². The second-order valence-corrected chi connectivity index (χ2v) is 33.4. The van der Waals surface area contributed by atoms with Crippen molar-refractivity contribution in [3.8, 4) is 54.3 Å². The largest absolute Gasteiger partial charge is 1.00 e. The molecule has 0 radical (unpaired) electrons. The number of phenolic OH excluding ortho intramolecular Hbond substituents is 1. The molecule has 0 amide bonds. The number of phenols is 1. The number of hydrogen-bond donors (Lipinski definition) is 5. The van der Waals surface area contributed by atoms with Crippen LogP contribution in [0.4, 0.5) is 0 Å². The van der Waals surface area contributed by atoms with Crippen LogP contribution in [0.25, 0.3) is 0 Å². The molecule has 5 aliphatic heterocycles. The first kappa shape index (κ1) is 82.7. The van der Waals surface area contributed by atoms with E-state index in [0.29, 0.717) is 83.4 Å². The fourth-order valence-electron chi connectivity index (χ4n) is 22.1. The molecule has 9 aliphatic carbocycles. The molecule has 588 valence electrons. The third kappa shape index (κ3) is 15.4. The Bertz CT molecular complexity index is 4100. The number of ether oxygens (including phenoxy) is 10. The van der Waals surface area contributed by atoms with Gasteiger partial charge in [-0.15, -0.1) is 19.3 Å². The minimum atomic E-state index is -1.92. The molecular formula is C85H97NaO25. The first-order chi connectivity index (χ1) is 52.3. The predicted molar refractivity (Wildman–Crippen MR) is 383 cm³/mol. The Hall–Kier alpha value is -7.71. The van der Waals surface area contributed by atoms with Crippen LogP contribution in [-0.4, -0.2) is 146 Å². The van der Waals surface area contributed by atoms with Crippen molar-refractivity contribution in [2.24, 2.45) is 51.8 Å². The van der Waals surface area contributed by atoms with Crippen molar-refractivity contribution < 1.29 is 151 Å². The van der Waals surface area contributed by atoms with Crippen molar-refractivity contribution in [1.82, 2.24) is 0 Å². The molecule has 14 aliphatic rings. The number of carboxylic acids is 2. The van der Waals surface area contributed by atoms with Crippen molar-refractivity contribution in [1.29, 1.82) is 0 Å². The summed E-state index contributed by atoms with van der Waals surface area (Å²) in [5, 5.41) is 63.0. The van der Waals surface area contributed by atoms with Gasteiger partial charge >= 0.3 is 77.3 Å². The normalized spacial score (nSPS) is 36.2. The third-order valence-corrected chi connectivity index (χ3v) is 28.1. The van der Waals surface area contributed by atoms with Crippen LogP contribution in [-0.2, 0) is 100 Å². The number of aromatic hydroxyl groups is 1. The Morgan fingerprint density at radius 3 is 1.23 bits per heavy atom. The molecule has 5 saturated heterocycles. The molecule has 6 saturated carbocycles. The van der Waals surface area contributed by atoms with Crippen LogP contribution >= 0.6 is 0 Å². The molecule has 0 bridgehead atoms. The summed E-state index contributed by atoms with van der Waals surface area (Å²) < 4.78 is 49.4. The molecule has 26 heteroatoms. The maximum Gasteiger partial charge on any atom is 1.00 e. The summed E-state index contributed by atoms with van der Waals surface area (Å²) in [4.78, 5) is 104. The Morgan fingerprint density at radius 1 is 0.505 bits per heavy atom. The topological polar surface area (TPSA) is 370 Å². The minimum absolute atomic E-state index is 0. The molecule has 0 aromatic heterocycles. The molecule has 17 rings (SSSR count). The summed E-state index contributed by atoms with van der Waals surface area (Å²) >= 11 is 0. The number of fused-ring (bicyclic) bond motifs is 15. The molecule has 111 heavy (non-hydrogen) atoms. The van der Waals surface area contributed by atoms with E-state index >= 15 is 0 Å². The zero-order chi connectivity index (χ0) is 78.6. The van der Waals surface area contributed by atoms with Gasteiger partial charge in [-0.1, -0.05) is 56.7 Å². The predicted octanol–water partition coefficient (Wildman–Crippen LogP) is 5.09. The van der Waals surface area contributed by atoms with Crippen molar-refractivity contribution >= 4 is 53.7 Å². The zero-order valence-corrected chi connectivity index (χ0v) is 65.4. The van der Waals surface area contributed by atoms with E-state index in [-0.39, 0.29) is 72.2 Å². The maximum absolute atomic E-state index is 12.6. The molecule has 5 heterocycles. The Kier molecular flexibility index (Phi) is 24.1. The van der Waals surface area contributed by atoms with E-state index < -0.39 is 120 Å². The van der Waals surface area contributed by atoms with Gasteiger partial charge in [-0.2, -0.15) is 0 Å². The molecule has 3 aromatic rings. The summed E-state index contributed by atoms with van der Waals surface area (Å²) in [6.45, 7) is 7.50. The van der Waals surface area contributed by atoms with Crippen molar-refractivity contribution in [2.45, 2.75) is 239 Å². The Labute approximate surface area is 667 Å². The van der Waals surface area contributed by atoms with E-state index in [1.54, 1.807) is 12.1 Å². The van der Waals surface area contributed by atoms with Gasteiger partial charge in [-0.25, -0.2) is 14.4 Å². The van der Waals surface area contributed by atoms with Crippen LogP contribution in [0.3, 0.4) is 0 Å². The number of cyclic esters (lactones) is 5. The number of carboxylic acid groups (broad SMARTS) is 2. The van der Waals surface area contributed by atoms with E-state index in [2.05, 4.69) is 54.1 Å². The monoisotopic (exact) mass is 1540 g/mol. The van der Waals surface area contributed by atoms with Gasteiger partial charge in [0.15, 0.2) is 37.2 Å². The van der Waals surface area contributed by atoms with Crippen LogP contribution in [0.5, 0.6) is 17.2 Å². The number of aliphatic carboxylic acids is 2. The number of carbonyl (C=O) groups is 9. The van der Waals surface area contributed by atoms with Gasteiger partial charge in [-0.05, 0) is 251 Å². The number of carbonyl (C=O) groups excluding carboxylic acids is 8. The average Bonchev–Trinajstić information content (AvgIpc) is 1.62. The van der Waals surface area contributed by atoms with Gasteiger partial charge in [0.2, 0.25) is 0 Å². The molecule has 11 unspecified atom stereocenters. The maximum atomic E-state index is 12.6.